The second-order valence-electron chi connectivity index (χ2n) is 5.15. The zero-order chi connectivity index (χ0) is 14.1. The van der Waals surface area contributed by atoms with E-state index >= 15 is 0 Å². The number of benzene rings is 3. The van der Waals surface area contributed by atoms with Crippen molar-refractivity contribution in [2.45, 2.75) is 0 Å². The lowest BCUT2D eigenvalue weighted by Crippen LogP contribution is -2.03. The van der Waals surface area contributed by atoms with E-state index in [9.17, 15) is 0 Å². The highest BCUT2D eigenvalue weighted by Crippen LogP contribution is 2.30. The molecule has 0 fully saturated rings. The van der Waals surface area contributed by atoms with E-state index in [1.54, 1.807) is 0 Å². The highest BCUT2D eigenvalue weighted by molar-refractivity contribution is 6.05. The molecule has 102 valence electrons. The van der Waals surface area contributed by atoms with Crippen LogP contribution in [0.5, 0.6) is 0 Å². The molecule has 2 heteroatoms. The van der Waals surface area contributed by atoms with Crippen LogP contribution < -0.4 is 0 Å². The molecule has 0 atom stereocenters. The van der Waals surface area contributed by atoms with Gasteiger partial charge in [0.2, 0.25) is 5.90 Å². The van der Waals surface area contributed by atoms with Crippen molar-refractivity contribution in [1.82, 2.24) is 0 Å². The van der Waals surface area contributed by atoms with Crippen LogP contribution in [0.1, 0.15) is 5.56 Å². The first-order chi connectivity index (χ1) is 10.4. The van der Waals surface area contributed by atoms with Gasteiger partial charge in [0.15, 0.2) is 0 Å². The molecule has 1 heterocycles. The number of nitrogens with zero attached hydrogens (tertiary/aromatic N) is 1. The van der Waals surface area contributed by atoms with Crippen molar-refractivity contribution in [3.05, 3.63) is 72.3 Å². The Balaban J connectivity index is 2.00. The summed E-state index contributed by atoms with van der Waals surface area (Å²) in [6.07, 6.45) is 0. The summed E-state index contributed by atoms with van der Waals surface area (Å²) >= 11 is 0. The zero-order valence-electron chi connectivity index (χ0n) is 11.6. The van der Waals surface area contributed by atoms with E-state index in [2.05, 4.69) is 65.7 Å². The Bertz CT molecular complexity index is 821. The van der Waals surface area contributed by atoms with Crippen LogP contribution in [0.3, 0.4) is 0 Å². The van der Waals surface area contributed by atoms with Gasteiger partial charge in [0.1, 0.15) is 6.61 Å². The molecule has 1 aliphatic rings. The summed E-state index contributed by atoms with van der Waals surface area (Å²) < 4.78 is 5.70. The minimum Gasteiger partial charge on any atom is -0.475 e. The van der Waals surface area contributed by atoms with Crippen LogP contribution in [0.2, 0.25) is 0 Å². The molecule has 0 bridgehead atoms. The number of hydrogen-bond donors (Lipinski definition) is 0. The summed E-state index contributed by atoms with van der Waals surface area (Å²) in [5, 5.41) is 2.45. The summed E-state index contributed by atoms with van der Waals surface area (Å²) in [5.41, 5.74) is 3.45. The third-order valence-corrected chi connectivity index (χ3v) is 3.79. The minimum atomic E-state index is 0.677. The molecule has 0 aromatic heterocycles. The maximum atomic E-state index is 5.70. The first kappa shape index (κ1) is 12.2. The van der Waals surface area contributed by atoms with Gasteiger partial charge in [-0.2, -0.15) is 0 Å². The molecule has 0 N–H and O–H groups in total. The highest BCUT2D eigenvalue weighted by Gasteiger charge is 2.16. The summed E-state index contributed by atoms with van der Waals surface area (Å²) in [7, 11) is 0. The van der Waals surface area contributed by atoms with E-state index < -0.39 is 0 Å². The molecule has 4 rings (SSSR count). The van der Waals surface area contributed by atoms with Gasteiger partial charge in [-0.25, -0.2) is 4.99 Å². The lowest BCUT2D eigenvalue weighted by Gasteiger charge is -2.12. The third-order valence-electron chi connectivity index (χ3n) is 3.79. The first-order valence-corrected chi connectivity index (χ1v) is 7.18. The molecule has 3 aromatic rings. The van der Waals surface area contributed by atoms with Gasteiger partial charge in [-0.1, -0.05) is 54.6 Å². The molecule has 0 saturated heterocycles. The lowest BCUT2D eigenvalue weighted by atomic mass is 9.95. The highest BCUT2D eigenvalue weighted by atomic mass is 16.5. The van der Waals surface area contributed by atoms with Crippen LogP contribution >= 0.6 is 0 Å². The van der Waals surface area contributed by atoms with Crippen molar-refractivity contribution >= 4 is 16.7 Å². The number of fused-ring (bicyclic) bond motifs is 1. The van der Waals surface area contributed by atoms with E-state index in [-0.39, 0.29) is 0 Å². The van der Waals surface area contributed by atoms with Gasteiger partial charge in [0.25, 0.3) is 0 Å². The van der Waals surface area contributed by atoms with Gasteiger partial charge in [0.05, 0.1) is 6.54 Å². The molecule has 0 radical (unpaired) electrons. The number of rotatable bonds is 2. The molecular weight excluding hydrogens is 258 g/mol. The van der Waals surface area contributed by atoms with Crippen LogP contribution in [0, 0.1) is 0 Å². The Morgan fingerprint density at radius 1 is 0.762 bits per heavy atom. The second kappa shape index (κ2) is 5.06. The SMILES string of the molecule is c1ccc(-c2cc3ccccc3cc2C2=NCCO2)cc1. The molecule has 0 unspecified atom stereocenters. The molecule has 21 heavy (non-hydrogen) atoms. The predicted molar refractivity (Wildman–Crippen MR) is 86.7 cm³/mol. The average molecular weight is 273 g/mol. The number of ether oxygens (including phenoxy) is 1. The van der Waals surface area contributed by atoms with Crippen molar-refractivity contribution in [1.29, 1.82) is 0 Å². The van der Waals surface area contributed by atoms with E-state index in [0.29, 0.717) is 6.61 Å². The lowest BCUT2D eigenvalue weighted by molar-refractivity contribution is 0.348. The van der Waals surface area contributed by atoms with Crippen molar-refractivity contribution < 1.29 is 4.74 Å². The molecule has 3 aromatic carbocycles. The third kappa shape index (κ3) is 2.19. The standard InChI is InChI=1S/C19H15NO/c1-2-6-14(7-3-1)17-12-15-8-4-5-9-16(15)13-18(17)19-20-10-11-21-19/h1-9,12-13H,10-11H2. The summed E-state index contributed by atoms with van der Waals surface area (Å²) in [5.74, 6) is 0.764. The molecule has 2 nitrogen and oxygen atoms in total. The zero-order valence-corrected chi connectivity index (χ0v) is 11.6. The second-order valence-corrected chi connectivity index (χ2v) is 5.15. The molecule has 0 spiro atoms. The maximum Gasteiger partial charge on any atom is 0.216 e. The maximum absolute atomic E-state index is 5.70. The van der Waals surface area contributed by atoms with E-state index in [4.69, 9.17) is 4.74 Å². The summed E-state index contributed by atoms with van der Waals surface area (Å²) in [6, 6.07) is 23.2. The molecular formula is C19H15NO. The van der Waals surface area contributed by atoms with Crippen molar-refractivity contribution in [3.8, 4) is 11.1 Å². The molecule has 0 amide bonds. The van der Waals surface area contributed by atoms with E-state index in [0.717, 1.165) is 18.0 Å². The quantitative estimate of drug-likeness (QED) is 0.682. The van der Waals surface area contributed by atoms with Gasteiger partial charge in [-0.05, 0) is 34.0 Å². The van der Waals surface area contributed by atoms with Crippen molar-refractivity contribution in [3.63, 3.8) is 0 Å². The monoisotopic (exact) mass is 273 g/mol. The van der Waals surface area contributed by atoms with Crippen LogP contribution in [0.4, 0.5) is 0 Å². The van der Waals surface area contributed by atoms with Gasteiger partial charge in [-0.3, -0.25) is 0 Å². The van der Waals surface area contributed by atoms with Gasteiger partial charge >= 0.3 is 0 Å². The fraction of sp³-hybridized carbons (Fsp3) is 0.105. The average Bonchev–Trinajstić information content (AvgIpc) is 3.09. The fourth-order valence-corrected chi connectivity index (χ4v) is 2.77. The summed E-state index contributed by atoms with van der Waals surface area (Å²) in [4.78, 5) is 4.49. The van der Waals surface area contributed by atoms with Crippen LogP contribution in [-0.4, -0.2) is 19.0 Å². The van der Waals surface area contributed by atoms with Gasteiger partial charge < -0.3 is 4.74 Å². The largest absolute Gasteiger partial charge is 0.475 e. The molecule has 0 aliphatic carbocycles. The number of aliphatic imine (C=N–C) groups is 1. The molecule has 1 aliphatic heterocycles. The first-order valence-electron chi connectivity index (χ1n) is 7.18. The van der Waals surface area contributed by atoms with E-state index in [1.807, 2.05) is 6.07 Å². The Kier molecular flexibility index (Phi) is 2.93. The predicted octanol–water partition coefficient (Wildman–Crippen LogP) is 4.28. The van der Waals surface area contributed by atoms with Crippen LogP contribution in [-0.2, 0) is 4.74 Å². The Hall–Kier alpha value is -2.61. The Labute approximate surface area is 123 Å². The summed E-state index contributed by atoms with van der Waals surface area (Å²) in [6.45, 7) is 1.42. The van der Waals surface area contributed by atoms with Crippen molar-refractivity contribution in [2.24, 2.45) is 4.99 Å². The van der Waals surface area contributed by atoms with Gasteiger partial charge in [-0.15, -0.1) is 0 Å². The Morgan fingerprint density at radius 3 is 2.10 bits per heavy atom. The topological polar surface area (TPSA) is 21.6 Å². The van der Waals surface area contributed by atoms with Gasteiger partial charge in [0, 0.05) is 5.56 Å². The van der Waals surface area contributed by atoms with Crippen LogP contribution in [0.25, 0.3) is 21.9 Å². The molecule has 0 saturated carbocycles. The van der Waals surface area contributed by atoms with Crippen molar-refractivity contribution in [2.75, 3.05) is 13.2 Å². The fourth-order valence-electron chi connectivity index (χ4n) is 2.77. The normalized spacial score (nSPS) is 14.0. The Morgan fingerprint density at radius 2 is 1.43 bits per heavy atom. The van der Waals surface area contributed by atoms with Crippen LogP contribution in [0.15, 0.2) is 71.7 Å². The smallest absolute Gasteiger partial charge is 0.216 e. The number of hydrogen-bond acceptors (Lipinski definition) is 2. The van der Waals surface area contributed by atoms with E-state index in [1.165, 1.54) is 21.9 Å². The minimum absolute atomic E-state index is 0.677.